The molecule has 2 heteroatoms. The maximum absolute atomic E-state index is 13.0. The van der Waals surface area contributed by atoms with Gasteiger partial charge in [0.2, 0.25) is 0 Å². The Hall–Kier alpha value is -1.83. The Labute approximate surface area is 88.1 Å². The van der Waals surface area contributed by atoms with E-state index in [2.05, 4.69) is 6.07 Å². The van der Waals surface area contributed by atoms with E-state index in [0.717, 1.165) is 16.9 Å². The lowest BCUT2D eigenvalue weighted by Gasteiger charge is -2.04. The summed E-state index contributed by atoms with van der Waals surface area (Å²) >= 11 is 0. The topological polar surface area (TPSA) is 9.23 Å². The molecule has 2 rings (SSSR count). The summed E-state index contributed by atoms with van der Waals surface area (Å²) in [6, 6.07) is 14.9. The third-order valence-corrected chi connectivity index (χ3v) is 2.14. The Morgan fingerprint density at radius 3 is 2.80 bits per heavy atom. The summed E-state index contributed by atoms with van der Waals surface area (Å²) in [6.45, 7) is 0. The zero-order chi connectivity index (χ0) is 10.7. The van der Waals surface area contributed by atoms with E-state index >= 15 is 0 Å². The van der Waals surface area contributed by atoms with Gasteiger partial charge in [0.15, 0.2) is 0 Å². The smallest absolute Gasteiger partial charge is 0.123 e. The molecule has 2 aromatic rings. The first kappa shape index (κ1) is 9.71. The zero-order valence-corrected chi connectivity index (χ0v) is 8.33. The van der Waals surface area contributed by atoms with E-state index in [1.165, 1.54) is 12.1 Å². The van der Waals surface area contributed by atoms with Crippen molar-refractivity contribution in [2.45, 2.75) is 0 Å². The molecule has 0 fully saturated rings. The number of benzene rings is 2. The van der Waals surface area contributed by atoms with Gasteiger partial charge in [0.1, 0.15) is 11.6 Å². The highest BCUT2D eigenvalue weighted by atomic mass is 19.1. The van der Waals surface area contributed by atoms with E-state index in [1.807, 2.05) is 24.3 Å². The summed E-state index contributed by atoms with van der Waals surface area (Å²) in [5.41, 5.74) is 1.63. The molecule has 0 bridgehead atoms. The fourth-order valence-electron chi connectivity index (χ4n) is 1.40. The van der Waals surface area contributed by atoms with Gasteiger partial charge in [-0.15, -0.1) is 0 Å². The van der Waals surface area contributed by atoms with E-state index in [0.29, 0.717) is 0 Å². The summed E-state index contributed by atoms with van der Waals surface area (Å²) in [4.78, 5) is 0. The molecule has 1 nitrogen and oxygen atoms in total. The molecule has 0 aromatic heterocycles. The molecule has 0 saturated heterocycles. The predicted molar refractivity (Wildman–Crippen MR) is 57.2 cm³/mol. The highest BCUT2D eigenvalue weighted by Gasteiger charge is 2.00. The second-order valence-electron chi connectivity index (χ2n) is 3.15. The van der Waals surface area contributed by atoms with E-state index in [-0.39, 0.29) is 5.82 Å². The van der Waals surface area contributed by atoms with E-state index < -0.39 is 0 Å². The van der Waals surface area contributed by atoms with Crippen molar-refractivity contribution in [3.63, 3.8) is 0 Å². The van der Waals surface area contributed by atoms with Crippen molar-refractivity contribution in [3.05, 3.63) is 54.3 Å². The highest BCUT2D eigenvalue weighted by Crippen LogP contribution is 2.23. The van der Waals surface area contributed by atoms with Crippen LogP contribution in [0.15, 0.2) is 42.5 Å². The first-order chi connectivity index (χ1) is 7.29. The largest absolute Gasteiger partial charge is 0.497 e. The second-order valence-corrected chi connectivity index (χ2v) is 3.15. The van der Waals surface area contributed by atoms with Crippen LogP contribution >= 0.6 is 0 Å². The van der Waals surface area contributed by atoms with Crippen molar-refractivity contribution in [3.8, 4) is 16.9 Å². The molecular formula is C13H10FO. The number of ether oxygens (including phenoxy) is 1. The molecule has 0 atom stereocenters. The van der Waals surface area contributed by atoms with Crippen LogP contribution in [0.5, 0.6) is 5.75 Å². The Morgan fingerprint density at radius 2 is 2.07 bits per heavy atom. The van der Waals surface area contributed by atoms with Crippen LogP contribution in [0.3, 0.4) is 0 Å². The van der Waals surface area contributed by atoms with Crippen molar-refractivity contribution in [1.29, 1.82) is 0 Å². The third-order valence-electron chi connectivity index (χ3n) is 2.14. The minimum Gasteiger partial charge on any atom is -0.497 e. The molecule has 0 saturated carbocycles. The minimum atomic E-state index is -0.258. The molecule has 2 aromatic carbocycles. The summed E-state index contributed by atoms with van der Waals surface area (Å²) < 4.78 is 18.1. The first-order valence-corrected chi connectivity index (χ1v) is 4.61. The van der Waals surface area contributed by atoms with Gasteiger partial charge in [-0.1, -0.05) is 18.2 Å². The molecule has 0 unspecified atom stereocenters. The van der Waals surface area contributed by atoms with Crippen LogP contribution in [0.1, 0.15) is 0 Å². The molecule has 0 spiro atoms. The van der Waals surface area contributed by atoms with Crippen LogP contribution in [0.4, 0.5) is 4.39 Å². The third kappa shape index (κ3) is 2.15. The molecule has 0 heterocycles. The fraction of sp³-hybridized carbons (Fsp3) is 0.0769. The van der Waals surface area contributed by atoms with Crippen LogP contribution in [0, 0.1) is 11.9 Å². The standard InChI is InChI=1S/C13H10FO/c1-15-13-7-3-5-11(9-13)10-4-2-6-12(14)8-10/h2-3,5-9H,1H3. The van der Waals surface area contributed by atoms with Gasteiger partial charge >= 0.3 is 0 Å². The van der Waals surface area contributed by atoms with Crippen molar-refractivity contribution in [2.24, 2.45) is 0 Å². The number of hydrogen-bond donors (Lipinski definition) is 0. The Kier molecular flexibility index (Phi) is 2.68. The summed E-state index contributed by atoms with van der Waals surface area (Å²) in [6.07, 6.45) is 0. The lowest BCUT2D eigenvalue weighted by atomic mass is 10.1. The van der Waals surface area contributed by atoms with Gasteiger partial charge < -0.3 is 4.74 Å². The Bertz CT molecular complexity index is 466. The minimum absolute atomic E-state index is 0.258. The summed E-state index contributed by atoms with van der Waals surface area (Å²) in [5, 5.41) is 0. The van der Waals surface area contributed by atoms with Gasteiger partial charge in [-0.05, 0) is 41.5 Å². The van der Waals surface area contributed by atoms with E-state index in [9.17, 15) is 4.39 Å². The lowest BCUT2D eigenvalue weighted by molar-refractivity contribution is 0.415. The van der Waals surface area contributed by atoms with Gasteiger partial charge in [-0.25, -0.2) is 4.39 Å². The van der Waals surface area contributed by atoms with Crippen LogP contribution < -0.4 is 4.74 Å². The van der Waals surface area contributed by atoms with Crippen LogP contribution in [-0.4, -0.2) is 7.11 Å². The van der Waals surface area contributed by atoms with Crippen molar-refractivity contribution < 1.29 is 9.13 Å². The average molecular weight is 201 g/mol. The van der Waals surface area contributed by atoms with Crippen LogP contribution in [-0.2, 0) is 0 Å². The number of rotatable bonds is 2. The molecule has 0 amide bonds. The zero-order valence-electron chi connectivity index (χ0n) is 8.33. The van der Waals surface area contributed by atoms with Crippen LogP contribution in [0.25, 0.3) is 11.1 Å². The Balaban J connectivity index is 2.44. The number of methoxy groups -OCH3 is 1. The van der Waals surface area contributed by atoms with Gasteiger partial charge in [0.25, 0.3) is 0 Å². The van der Waals surface area contributed by atoms with Crippen molar-refractivity contribution in [1.82, 2.24) is 0 Å². The average Bonchev–Trinajstić information content (AvgIpc) is 2.29. The second kappa shape index (κ2) is 4.13. The first-order valence-electron chi connectivity index (χ1n) is 4.61. The van der Waals surface area contributed by atoms with E-state index in [1.54, 1.807) is 13.2 Å². The molecule has 0 N–H and O–H groups in total. The molecular weight excluding hydrogens is 191 g/mol. The quantitative estimate of drug-likeness (QED) is 0.724. The van der Waals surface area contributed by atoms with Gasteiger partial charge in [-0.2, -0.15) is 0 Å². The lowest BCUT2D eigenvalue weighted by Crippen LogP contribution is -1.84. The van der Waals surface area contributed by atoms with Gasteiger partial charge in [0, 0.05) is 0 Å². The highest BCUT2D eigenvalue weighted by molar-refractivity contribution is 5.64. The SMILES string of the molecule is COc1cccc(-c2[c]ccc(F)c2)c1. The van der Waals surface area contributed by atoms with Crippen molar-refractivity contribution >= 4 is 0 Å². The molecule has 0 aliphatic heterocycles. The predicted octanol–water partition coefficient (Wildman–Crippen LogP) is 3.30. The Morgan fingerprint density at radius 1 is 1.20 bits per heavy atom. The monoisotopic (exact) mass is 201 g/mol. The van der Waals surface area contributed by atoms with Gasteiger partial charge in [-0.3, -0.25) is 0 Å². The van der Waals surface area contributed by atoms with Crippen molar-refractivity contribution in [2.75, 3.05) is 7.11 Å². The molecule has 1 radical (unpaired) electrons. The summed E-state index contributed by atoms with van der Waals surface area (Å²) in [7, 11) is 1.61. The maximum Gasteiger partial charge on any atom is 0.123 e. The fourth-order valence-corrected chi connectivity index (χ4v) is 1.40. The summed E-state index contributed by atoms with van der Waals surface area (Å²) in [5.74, 6) is 0.497. The van der Waals surface area contributed by atoms with Gasteiger partial charge in [0.05, 0.1) is 7.11 Å². The number of hydrogen-bond acceptors (Lipinski definition) is 1. The number of halogens is 1. The normalized spacial score (nSPS) is 10.0. The maximum atomic E-state index is 13.0. The van der Waals surface area contributed by atoms with E-state index in [4.69, 9.17) is 4.74 Å². The molecule has 0 aliphatic rings. The molecule has 15 heavy (non-hydrogen) atoms. The molecule has 0 aliphatic carbocycles. The van der Waals surface area contributed by atoms with Crippen LogP contribution in [0.2, 0.25) is 0 Å². The molecule has 75 valence electrons.